The molecule has 0 radical (unpaired) electrons. The lowest BCUT2D eigenvalue weighted by molar-refractivity contribution is -0.0836. The van der Waals surface area contributed by atoms with E-state index in [4.69, 9.17) is 11.6 Å². The highest BCUT2D eigenvalue weighted by Gasteiger charge is 2.32. The van der Waals surface area contributed by atoms with Crippen molar-refractivity contribution in [2.45, 2.75) is 11.1 Å². The number of alkyl halides is 3. The van der Waals surface area contributed by atoms with Gasteiger partial charge in [0.25, 0.3) is 0 Å². The maximum absolute atomic E-state index is 12.1. The van der Waals surface area contributed by atoms with Gasteiger partial charge >= 0.3 is 6.18 Å². The fraction of sp³-hybridized carbons (Fsp3) is 0.200. The quantitative estimate of drug-likeness (QED) is 0.696. The Morgan fingerprint density at radius 1 is 1.27 bits per heavy atom. The van der Waals surface area contributed by atoms with Crippen LogP contribution >= 0.6 is 23.4 Å². The summed E-state index contributed by atoms with van der Waals surface area (Å²) < 4.78 is 36.2. The minimum absolute atomic E-state index is 0.440. The van der Waals surface area contributed by atoms with Crippen molar-refractivity contribution in [3.05, 3.63) is 34.9 Å². The zero-order valence-corrected chi connectivity index (χ0v) is 9.38. The molecule has 1 aromatic carbocycles. The number of halogens is 4. The van der Waals surface area contributed by atoms with Crippen LogP contribution in [0.5, 0.6) is 0 Å². The summed E-state index contributed by atoms with van der Waals surface area (Å²) in [5, 5.41) is -1.11. The third kappa shape index (κ3) is 3.80. The third-order valence-electron chi connectivity index (χ3n) is 1.68. The molecule has 1 rings (SSSR count). The van der Waals surface area contributed by atoms with E-state index < -0.39 is 11.2 Å². The second kappa shape index (κ2) is 4.94. The molecule has 0 aliphatic heterocycles. The topological polar surface area (TPSA) is 0 Å². The number of allylic oxidation sites excluding steroid dienone is 1. The van der Waals surface area contributed by atoms with Gasteiger partial charge in [0, 0.05) is 4.90 Å². The van der Waals surface area contributed by atoms with Crippen LogP contribution in [0.15, 0.2) is 34.2 Å². The van der Waals surface area contributed by atoms with Crippen molar-refractivity contribution in [3.63, 3.8) is 0 Å². The van der Waals surface area contributed by atoms with E-state index in [2.05, 4.69) is 0 Å². The first-order valence-electron chi connectivity index (χ1n) is 4.02. The zero-order chi connectivity index (χ0) is 11.5. The standard InChI is InChI=1S/C10H8ClF3S/c1-15-8-4-2-7(3-5-8)6-9(11)10(12,13)14/h2-6H,1H3. The Balaban J connectivity index is 2.89. The Hall–Kier alpha value is -0.610. The summed E-state index contributed by atoms with van der Waals surface area (Å²) in [7, 11) is 0. The molecule has 0 atom stereocenters. The molecule has 0 saturated carbocycles. The fourth-order valence-corrected chi connectivity index (χ4v) is 1.46. The van der Waals surface area contributed by atoms with E-state index in [1.807, 2.05) is 6.26 Å². The van der Waals surface area contributed by atoms with Crippen molar-refractivity contribution in [1.29, 1.82) is 0 Å². The molecule has 0 aliphatic rings. The number of thioether (sulfide) groups is 1. The SMILES string of the molecule is CSc1ccc(C=C(Cl)C(F)(F)F)cc1. The van der Waals surface area contributed by atoms with Crippen LogP contribution in [-0.4, -0.2) is 12.4 Å². The number of hydrogen-bond acceptors (Lipinski definition) is 1. The maximum atomic E-state index is 12.1. The van der Waals surface area contributed by atoms with Crippen LogP contribution in [0.4, 0.5) is 13.2 Å². The molecular formula is C10H8ClF3S. The molecule has 0 bridgehead atoms. The Morgan fingerprint density at radius 2 is 1.80 bits per heavy atom. The Morgan fingerprint density at radius 3 is 2.20 bits per heavy atom. The largest absolute Gasteiger partial charge is 0.426 e. The van der Waals surface area contributed by atoms with E-state index in [-0.39, 0.29) is 0 Å². The summed E-state index contributed by atoms with van der Waals surface area (Å²) in [6.45, 7) is 0. The van der Waals surface area contributed by atoms with Crippen molar-refractivity contribution in [2.24, 2.45) is 0 Å². The van der Waals surface area contributed by atoms with Crippen molar-refractivity contribution < 1.29 is 13.2 Å². The van der Waals surface area contributed by atoms with Gasteiger partial charge in [0.1, 0.15) is 5.03 Å². The summed E-state index contributed by atoms with van der Waals surface area (Å²) in [5.74, 6) is 0. The smallest absolute Gasteiger partial charge is 0.165 e. The van der Waals surface area contributed by atoms with E-state index in [1.54, 1.807) is 24.3 Å². The number of rotatable bonds is 2. The van der Waals surface area contributed by atoms with Gasteiger partial charge in [0.15, 0.2) is 0 Å². The molecule has 0 nitrogen and oxygen atoms in total. The third-order valence-corrected chi connectivity index (χ3v) is 2.75. The van der Waals surface area contributed by atoms with Crippen LogP contribution < -0.4 is 0 Å². The lowest BCUT2D eigenvalue weighted by Gasteiger charge is -2.04. The summed E-state index contributed by atoms with van der Waals surface area (Å²) >= 11 is 6.62. The van der Waals surface area contributed by atoms with E-state index in [0.29, 0.717) is 5.56 Å². The molecule has 1 aromatic rings. The Labute approximate surface area is 95.1 Å². The van der Waals surface area contributed by atoms with Gasteiger partial charge in [-0.3, -0.25) is 0 Å². The van der Waals surface area contributed by atoms with Crippen molar-refractivity contribution in [1.82, 2.24) is 0 Å². The zero-order valence-electron chi connectivity index (χ0n) is 7.81. The van der Waals surface area contributed by atoms with Crippen LogP contribution in [-0.2, 0) is 0 Å². The van der Waals surface area contributed by atoms with E-state index in [1.165, 1.54) is 11.8 Å². The molecule has 5 heteroatoms. The number of hydrogen-bond donors (Lipinski definition) is 0. The molecule has 15 heavy (non-hydrogen) atoms. The van der Waals surface area contributed by atoms with Gasteiger partial charge in [-0.25, -0.2) is 0 Å². The molecule has 0 saturated heterocycles. The van der Waals surface area contributed by atoms with E-state index in [9.17, 15) is 13.2 Å². The summed E-state index contributed by atoms with van der Waals surface area (Å²) in [4.78, 5) is 0.996. The Bertz CT molecular complexity index is 354. The summed E-state index contributed by atoms with van der Waals surface area (Å²) in [6.07, 6.45) is -1.67. The molecule has 0 unspecified atom stereocenters. The van der Waals surface area contributed by atoms with Crippen LogP contribution in [0.1, 0.15) is 5.56 Å². The van der Waals surface area contributed by atoms with E-state index in [0.717, 1.165) is 11.0 Å². The molecule has 0 amide bonds. The van der Waals surface area contributed by atoms with Crippen molar-refractivity contribution >= 4 is 29.4 Å². The van der Waals surface area contributed by atoms with Gasteiger partial charge in [-0.15, -0.1) is 11.8 Å². The molecule has 0 N–H and O–H groups in total. The summed E-state index contributed by atoms with van der Waals surface area (Å²) in [6, 6.07) is 6.69. The van der Waals surface area contributed by atoms with Gasteiger partial charge < -0.3 is 0 Å². The van der Waals surface area contributed by atoms with Crippen LogP contribution in [0.2, 0.25) is 0 Å². The average molecular weight is 253 g/mol. The highest BCUT2D eigenvalue weighted by Crippen LogP contribution is 2.30. The highest BCUT2D eigenvalue weighted by atomic mass is 35.5. The second-order valence-corrected chi connectivity index (χ2v) is 4.05. The maximum Gasteiger partial charge on any atom is 0.426 e. The minimum Gasteiger partial charge on any atom is -0.165 e. The molecule has 0 aliphatic carbocycles. The molecule has 0 spiro atoms. The average Bonchev–Trinajstić information content (AvgIpc) is 2.17. The Kier molecular flexibility index (Phi) is 4.11. The van der Waals surface area contributed by atoms with Gasteiger partial charge in [-0.2, -0.15) is 13.2 Å². The van der Waals surface area contributed by atoms with Gasteiger partial charge in [0.2, 0.25) is 0 Å². The fourth-order valence-electron chi connectivity index (χ4n) is 0.928. The van der Waals surface area contributed by atoms with Gasteiger partial charge in [0.05, 0.1) is 0 Å². The lowest BCUT2D eigenvalue weighted by Crippen LogP contribution is -2.06. The first-order chi connectivity index (χ1) is 6.93. The van der Waals surface area contributed by atoms with Gasteiger partial charge in [-0.05, 0) is 30.0 Å². The predicted molar refractivity (Wildman–Crippen MR) is 58.1 cm³/mol. The van der Waals surface area contributed by atoms with Gasteiger partial charge in [-0.1, -0.05) is 23.7 Å². The minimum atomic E-state index is -4.47. The molecule has 82 valence electrons. The molecule has 0 aromatic heterocycles. The summed E-state index contributed by atoms with van der Waals surface area (Å²) in [5.41, 5.74) is 0.440. The van der Waals surface area contributed by atoms with Crippen molar-refractivity contribution in [2.75, 3.05) is 6.26 Å². The second-order valence-electron chi connectivity index (χ2n) is 2.76. The lowest BCUT2D eigenvalue weighted by atomic mass is 10.2. The van der Waals surface area contributed by atoms with E-state index >= 15 is 0 Å². The molecular weight excluding hydrogens is 245 g/mol. The normalized spacial score (nSPS) is 13.0. The van der Waals surface area contributed by atoms with Crippen LogP contribution in [0.25, 0.3) is 6.08 Å². The monoisotopic (exact) mass is 252 g/mol. The molecule has 0 heterocycles. The van der Waals surface area contributed by atoms with Crippen LogP contribution in [0.3, 0.4) is 0 Å². The first-order valence-corrected chi connectivity index (χ1v) is 5.62. The number of benzene rings is 1. The van der Waals surface area contributed by atoms with Crippen molar-refractivity contribution in [3.8, 4) is 0 Å². The predicted octanol–water partition coefficient (Wildman–Crippen LogP) is 4.55. The highest BCUT2D eigenvalue weighted by molar-refractivity contribution is 7.98. The molecule has 0 fully saturated rings. The first kappa shape index (κ1) is 12.5. The van der Waals surface area contributed by atoms with Crippen LogP contribution in [0, 0.1) is 0 Å².